The molecule has 24 nitrogen and oxygen atoms in total. The number of rotatable bonds is 27. The number of primary amides is 2. The summed E-state index contributed by atoms with van der Waals surface area (Å²) in [6, 6.07) is 10.8. The Balaban J connectivity index is 1.45. The molecule has 5 rings (SSSR count). The van der Waals surface area contributed by atoms with Crippen molar-refractivity contribution in [3.8, 4) is 0 Å². The van der Waals surface area contributed by atoms with Crippen molar-refractivity contribution in [2.75, 3.05) is 6.61 Å². The molecule has 71 heavy (non-hydrogen) atoms. The van der Waals surface area contributed by atoms with Crippen LogP contribution in [0.5, 0.6) is 0 Å². The summed E-state index contributed by atoms with van der Waals surface area (Å²) in [5.41, 5.74) is 19.2. The summed E-state index contributed by atoms with van der Waals surface area (Å²) in [6.07, 6.45) is -0.279. The van der Waals surface area contributed by atoms with Crippen LogP contribution in [0.4, 0.5) is 0 Å². The first-order chi connectivity index (χ1) is 33.8. The molecule has 0 bridgehead atoms. The van der Waals surface area contributed by atoms with Crippen LogP contribution in [0, 0.1) is 0 Å². The van der Waals surface area contributed by atoms with Gasteiger partial charge in [-0.2, -0.15) is 0 Å². The number of nitrogens with one attached hydrogen (secondary N) is 8. The molecule has 0 aliphatic rings. The van der Waals surface area contributed by atoms with Crippen LogP contribution in [-0.2, 0) is 67.2 Å². The summed E-state index contributed by atoms with van der Waals surface area (Å²) in [7, 11) is 0. The molecular formula is C47H55N11O13. The van der Waals surface area contributed by atoms with Crippen LogP contribution >= 0.6 is 0 Å². The number of carbonyl (C=O) groups excluding carboxylic acids is 8. The molecule has 17 N–H and O–H groups in total. The maximum atomic E-state index is 14.5. The van der Waals surface area contributed by atoms with Gasteiger partial charge in [-0.3, -0.25) is 43.2 Å². The summed E-state index contributed by atoms with van der Waals surface area (Å²) in [5.74, 6) is -11.5. The zero-order chi connectivity index (χ0) is 51.8. The summed E-state index contributed by atoms with van der Waals surface area (Å²) < 4.78 is 0. The second-order valence-corrected chi connectivity index (χ2v) is 16.6. The molecule has 376 valence electrons. The number of aliphatic hydroxyl groups is 1. The molecule has 2 aromatic heterocycles. The fraction of sp³-hybridized carbons (Fsp3) is 0.319. The first-order valence-corrected chi connectivity index (χ1v) is 22.2. The van der Waals surface area contributed by atoms with Gasteiger partial charge in [-0.05, 0) is 35.2 Å². The summed E-state index contributed by atoms with van der Waals surface area (Å²) >= 11 is 0. The third-order valence-electron chi connectivity index (χ3n) is 11.3. The van der Waals surface area contributed by atoms with Crippen molar-refractivity contribution < 1.29 is 63.3 Å². The Labute approximate surface area is 404 Å². The first kappa shape index (κ1) is 53.3. The maximum Gasteiger partial charge on any atom is 0.326 e. The van der Waals surface area contributed by atoms with E-state index in [-0.39, 0.29) is 19.3 Å². The van der Waals surface area contributed by atoms with Crippen molar-refractivity contribution in [1.29, 1.82) is 0 Å². The lowest BCUT2D eigenvalue weighted by Crippen LogP contribution is -2.61. The average molecular weight is 982 g/mol. The van der Waals surface area contributed by atoms with Gasteiger partial charge in [0.05, 0.1) is 19.4 Å². The van der Waals surface area contributed by atoms with Crippen LogP contribution in [0.3, 0.4) is 0 Å². The number of benzene rings is 3. The lowest BCUT2D eigenvalue weighted by atomic mass is 10.0. The van der Waals surface area contributed by atoms with Gasteiger partial charge in [0.2, 0.25) is 47.3 Å². The van der Waals surface area contributed by atoms with Crippen LogP contribution in [0.2, 0.25) is 0 Å². The van der Waals surface area contributed by atoms with Crippen LogP contribution < -0.4 is 49.1 Å². The molecule has 0 fully saturated rings. The highest BCUT2D eigenvalue weighted by molar-refractivity contribution is 5.99. The molecule has 24 heteroatoms. The summed E-state index contributed by atoms with van der Waals surface area (Å²) in [5, 5.41) is 45.0. The lowest BCUT2D eigenvalue weighted by Gasteiger charge is -2.27. The lowest BCUT2D eigenvalue weighted by molar-refractivity contribution is -0.144. The van der Waals surface area contributed by atoms with Gasteiger partial charge < -0.3 is 74.4 Å². The highest BCUT2D eigenvalue weighted by Gasteiger charge is 2.35. The number of carbonyl (C=O) groups is 10. The van der Waals surface area contributed by atoms with Crippen LogP contribution in [0.15, 0.2) is 91.3 Å². The van der Waals surface area contributed by atoms with Gasteiger partial charge in [-0.15, -0.1) is 0 Å². The molecule has 0 saturated heterocycles. The highest BCUT2D eigenvalue weighted by atomic mass is 16.4. The number of H-pyrrole nitrogens is 2. The minimum atomic E-state index is -1.93. The average Bonchev–Trinajstić information content (AvgIpc) is 3.94. The van der Waals surface area contributed by atoms with Crippen molar-refractivity contribution in [3.63, 3.8) is 0 Å². The Hall–Kier alpha value is -8.64. The van der Waals surface area contributed by atoms with E-state index >= 15 is 0 Å². The molecule has 0 aliphatic carbocycles. The molecule has 0 aliphatic heterocycles. The van der Waals surface area contributed by atoms with Gasteiger partial charge in [-0.25, -0.2) is 4.79 Å². The third kappa shape index (κ3) is 15.4. The zero-order valence-electron chi connectivity index (χ0n) is 38.0. The minimum Gasteiger partial charge on any atom is -0.481 e. The predicted molar refractivity (Wildman–Crippen MR) is 253 cm³/mol. The van der Waals surface area contributed by atoms with Crippen molar-refractivity contribution >= 4 is 81.0 Å². The van der Waals surface area contributed by atoms with Gasteiger partial charge in [0.15, 0.2) is 0 Å². The number of aliphatic carboxylic acids is 2. The highest BCUT2D eigenvalue weighted by Crippen LogP contribution is 2.21. The molecule has 5 aromatic rings. The Bertz CT molecular complexity index is 2760. The van der Waals surface area contributed by atoms with Crippen molar-refractivity contribution in [3.05, 3.63) is 108 Å². The Morgan fingerprint density at radius 1 is 0.493 bits per heavy atom. The number of carboxylic acids is 2. The van der Waals surface area contributed by atoms with Gasteiger partial charge in [0, 0.05) is 59.9 Å². The number of aliphatic hydroxyl groups excluding tert-OH is 1. The molecule has 0 spiro atoms. The van der Waals surface area contributed by atoms with Gasteiger partial charge in [0.25, 0.3) is 0 Å². The number of hydrogen-bond acceptors (Lipinski definition) is 12. The van der Waals surface area contributed by atoms with E-state index in [0.29, 0.717) is 27.6 Å². The number of hydrogen-bond donors (Lipinski definition) is 14. The third-order valence-corrected chi connectivity index (χ3v) is 11.3. The molecule has 7 atom stereocenters. The first-order valence-electron chi connectivity index (χ1n) is 22.2. The SMILES string of the molecule is NC(=O)CCC(NC(=O)C(Cc1ccccc1)NC(=O)C(CC(=O)O)NC(=O)C(Cc1c[nH]c2ccccc12)NC(=O)C(Cc1c[nH]c2ccccc12)NC(=O)C(N)CO)C(=O)NC(CC(N)=O)C(=O)O. The Morgan fingerprint density at radius 3 is 1.39 bits per heavy atom. The van der Waals surface area contributed by atoms with Gasteiger partial charge in [-0.1, -0.05) is 66.7 Å². The van der Waals surface area contributed by atoms with E-state index in [1.807, 2.05) is 0 Å². The monoisotopic (exact) mass is 981 g/mol. The minimum absolute atomic E-state index is 0.130. The number of carboxylic acid groups (broad SMARTS) is 2. The molecule has 8 amide bonds. The second-order valence-electron chi connectivity index (χ2n) is 16.6. The van der Waals surface area contributed by atoms with E-state index in [1.165, 1.54) is 0 Å². The second kappa shape index (κ2) is 25.1. The molecule has 7 unspecified atom stereocenters. The summed E-state index contributed by atoms with van der Waals surface area (Å²) in [4.78, 5) is 137. The number of aromatic nitrogens is 2. The standard InChI is InChI=1S/C47H55N11O13/c48-29(23-59)41(64)54-34(17-25-21-51-30-12-6-4-10-27(25)30)44(67)56-35(18-26-22-52-31-13-7-5-11-28(26)31)45(68)57-36(20-40(62)63)46(69)55-33(16-24-8-2-1-3-9-24)43(66)53-32(14-15-38(49)60)42(65)58-37(47(70)71)19-39(50)61/h1-13,21-22,29,32-37,51-52,59H,14-20,23,48H2,(H2,49,60)(H2,50,61)(H,53,66)(H,54,64)(H,55,69)(H,56,67)(H,57,68)(H,58,65)(H,62,63)(H,70,71). The number of aromatic amines is 2. The van der Waals surface area contributed by atoms with Crippen molar-refractivity contribution in [1.82, 2.24) is 41.9 Å². The van der Waals surface area contributed by atoms with Crippen LogP contribution in [-0.4, -0.2) is 133 Å². The fourth-order valence-electron chi connectivity index (χ4n) is 7.58. The summed E-state index contributed by atoms with van der Waals surface area (Å²) in [6.45, 7) is -0.753. The van der Waals surface area contributed by atoms with E-state index in [9.17, 15) is 63.3 Å². The number of fused-ring (bicyclic) bond motifs is 2. The molecular weight excluding hydrogens is 927 g/mol. The van der Waals surface area contributed by atoms with Crippen molar-refractivity contribution in [2.45, 2.75) is 87.2 Å². The fourth-order valence-corrected chi connectivity index (χ4v) is 7.58. The van der Waals surface area contributed by atoms with E-state index in [0.717, 1.165) is 10.9 Å². The Kier molecular flexibility index (Phi) is 18.9. The number of amides is 8. The smallest absolute Gasteiger partial charge is 0.326 e. The van der Waals surface area contributed by atoms with Gasteiger partial charge in [0.1, 0.15) is 42.3 Å². The van der Waals surface area contributed by atoms with Gasteiger partial charge >= 0.3 is 11.9 Å². The quantitative estimate of drug-likeness (QED) is 0.0261. The largest absolute Gasteiger partial charge is 0.481 e. The topological polar surface area (TPSA) is 413 Å². The maximum absolute atomic E-state index is 14.5. The predicted octanol–water partition coefficient (Wildman–Crippen LogP) is -2.39. The van der Waals surface area contributed by atoms with Crippen LogP contribution in [0.1, 0.15) is 42.4 Å². The Morgan fingerprint density at radius 2 is 0.915 bits per heavy atom. The normalized spacial score (nSPS) is 14.1. The van der Waals surface area contributed by atoms with E-state index in [1.54, 1.807) is 91.3 Å². The van der Waals surface area contributed by atoms with Crippen molar-refractivity contribution in [2.24, 2.45) is 17.2 Å². The number of nitrogens with two attached hydrogens (primary N) is 3. The van der Waals surface area contributed by atoms with E-state index in [4.69, 9.17) is 17.2 Å². The van der Waals surface area contributed by atoms with E-state index in [2.05, 4.69) is 41.9 Å². The molecule has 2 heterocycles. The molecule has 0 saturated carbocycles. The molecule has 3 aromatic carbocycles. The van der Waals surface area contributed by atoms with E-state index < -0.39 is 134 Å². The van der Waals surface area contributed by atoms with Crippen LogP contribution in [0.25, 0.3) is 21.8 Å². The number of para-hydroxylation sites is 2. The molecule has 0 radical (unpaired) electrons. The zero-order valence-corrected chi connectivity index (χ0v) is 38.0.